The van der Waals surface area contributed by atoms with E-state index >= 15 is 0 Å². The summed E-state index contributed by atoms with van der Waals surface area (Å²) in [6, 6.07) is 0. The standard InChI is InChI=1S/C8H17IN2O2S/c1-6(12)7(9-10-2)8(13)11-4-5-14-3/h6-7,12H,4-5H2,1-3H3,(H,11,13)/t6-,7?/m1/s1. The Morgan fingerprint density at radius 2 is 2.36 bits per heavy atom. The summed E-state index contributed by atoms with van der Waals surface area (Å²) in [7, 11) is 1.69. The van der Waals surface area contributed by atoms with E-state index in [1.165, 1.54) is 0 Å². The van der Waals surface area contributed by atoms with Crippen LogP contribution in [0.15, 0.2) is 3.15 Å². The fourth-order valence-corrected chi connectivity index (χ4v) is 2.67. The fraction of sp³-hybridized carbons (Fsp3) is 0.875. The molecule has 1 amide bonds. The molecule has 1 unspecified atom stereocenters. The lowest BCUT2D eigenvalue weighted by atomic mass is 10.3. The summed E-state index contributed by atoms with van der Waals surface area (Å²) in [6.45, 7) is 2.31. The van der Waals surface area contributed by atoms with E-state index in [1.54, 1.807) is 25.7 Å². The van der Waals surface area contributed by atoms with Gasteiger partial charge in [0.05, 0.1) is 6.10 Å². The molecular formula is C8H17IN2O2S. The highest BCUT2D eigenvalue weighted by Crippen LogP contribution is 2.15. The number of aliphatic hydroxyl groups excluding tert-OH is 1. The number of halogens is 1. The van der Waals surface area contributed by atoms with E-state index in [0.29, 0.717) is 6.54 Å². The third-order valence-electron chi connectivity index (χ3n) is 1.48. The van der Waals surface area contributed by atoms with E-state index in [9.17, 15) is 9.90 Å². The Hall–Kier alpha value is 0.310. The molecule has 0 heterocycles. The molecule has 0 saturated heterocycles. The van der Waals surface area contributed by atoms with Crippen molar-refractivity contribution in [1.29, 1.82) is 0 Å². The first-order valence-corrected chi connectivity index (χ1v) is 7.90. The summed E-state index contributed by atoms with van der Waals surface area (Å²) in [5.74, 6) is 0.840. The first-order chi connectivity index (χ1) is 6.63. The van der Waals surface area contributed by atoms with Gasteiger partial charge in [0.1, 0.15) is 3.92 Å². The molecule has 0 aromatic rings. The van der Waals surface area contributed by atoms with Gasteiger partial charge < -0.3 is 10.4 Å². The molecule has 0 bridgehead atoms. The molecule has 0 aliphatic rings. The van der Waals surface area contributed by atoms with E-state index in [4.69, 9.17) is 0 Å². The Balaban J connectivity index is 4.02. The molecule has 0 spiro atoms. The molecule has 2 N–H and O–H groups in total. The van der Waals surface area contributed by atoms with Crippen LogP contribution in [0.25, 0.3) is 0 Å². The van der Waals surface area contributed by atoms with Gasteiger partial charge in [-0.05, 0) is 13.2 Å². The SMILES string of the molecule is CN=IC(C(=O)NCCSC)[C@@H](C)O. The Bertz CT molecular complexity index is 200. The molecule has 0 aromatic heterocycles. The lowest BCUT2D eigenvalue weighted by molar-refractivity contribution is -0.121. The van der Waals surface area contributed by atoms with Crippen molar-refractivity contribution in [2.75, 3.05) is 25.6 Å². The molecule has 84 valence electrons. The van der Waals surface area contributed by atoms with Gasteiger partial charge in [0, 0.05) is 40.4 Å². The minimum Gasteiger partial charge on any atom is -0.392 e. The third kappa shape index (κ3) is 5.92. The quantitative estimate of drug-likeness (QED) is 0.433. The Labute approximate surface area is 99.4 Å². The van der Waals surface area contributed by atoms with Crippen LogP contribution in [0.1, 0.15) is 6.92 Å². The average Bonchev–Trinajstić information content (AvgIpc) is 2.13. The molecule has 6 heteroatoms. The summed E-state index contributed by atoms with van der Waals surface area (Å²) >= 11 is 1.10. The molecular weight excluding hydrogens is 315 g/mol. The molecule has 0 saturated carbocycles. The molecule has 0 rings (SSSR count). The van der Waals surface area contributed by atoms with Crippen LogP contribution in [0.2, 0.25) is 0 Å². The maximum Gasteiger partial charge on any atom is 0.236 e. The van der Waals surface area contributed by atoms with Crippen LogP contribution >= 0.6 is 32.8 Å². The molecule has 0 fully saturated rings. The summed E-state index contributed by atoms with van der Waals surface area (Å²) < 4.78 is 3.69. The zero-order valence-corrected chi connectivity index (χ0v) is 11.6. The highest BCUT2D eigenvalue weighted by molar-refractivity contribution is 14.2. The predicted octanol–water partition coefficient (Wildman–Crippen LogP) is 0.999. The summed E-state index contributed by atoms with van der Waals surface area (Å²) in [6.07, 6.45) is 1.40. The monoisotopic (exact) mass is 332 g/mol. The van der Waals surface area contributed by atoms with E-state index in [1.807, 2.05) is 6.26 Å². The number of hydrogen-bond donors (Lipinski definition) is 2. The highest BCUT2D eigenvalue weighted by Gasteiger charge is 2.21. The maximum atomic E-state index is 11.5. The number of carbonyl (C=O) groups is 1. The normalized spacial score (nSPS) is 16.0. The molecule has 0 aliphatic heterocycles. The second kappa shape index (κ2) is 8.60. The molecule has 4 nitrogen and oxygen atoms in total. The van der Waals surface area contributed by atoms with Crippen molar-refractivity contribution in [3.63, 3.8) is 0 Å². The molecule has 0 aromatic carbocycles. The van der Waals surface area contributed by atoms with E-state index in [0.717, 1.165) is 5.75 Å². The summed E-state index contributed by atoms with van der Waals surface area (Å²) in [5.41, 5.74) is 0. The fourth-order valence-electron chi connectivity index (χ4n) is 0.824. The van der Waals surface area contributed by atoms with Crippen LogP contribution in [0, 0.1) is 0 Å². The molecule has 2 atom stereocenters. The molecule has 0 radical (unpaired) electrons. The Morgan fingerprint density at radius 1 is 1.71 bits per heavy atom. The minimum atomic E-state index is -0.597. The molecule has 14 heavy (non-hydrogen) atoms. The van der Waals surface area contributed by atoms with Crippen LogP contribution in [0.4, 0.5) is 0 Å². The smallest absolute Gasteiger partial charge is 0.236 e. The number of nitrogens with zero attached hydrogens (tertiary/aromatic N) is 1. The topological polar surface area (TPSA) is 61.7 Å². The van der Waals surface area contributed by atoms with Crippen molar-refractivity contribution in [1.82, 2.24) is 5.32 Å². The number of thioether (sulfide) groups is 1. The lowest BCUT2D eigenvalue weighted by Gasteiger charge is -2.13. The number of hydrogen-bond acceptors (Lipinski definition) is 4. The first-order valence-electron chi connectivity index (χ1n) is 4.30. The second-order valence-corrected chi connectivity index (χ2v) is 6.54. The van der Waals surface area contributed by atoms with Crippen molar-refractivity contribution >= 4 is 38.7 Å². The van der Waals surface area contributed by atoms with Gasteiger partial charge in [0.15, 0.2) is 0 Å². The van der Waals surface area contributed by atoms with Crippen LogP contribution < -0.4 is 5.32 Å². The van der Waals surface area contributed by atoms with Crippen molar-refractivity contribution in [2.24, 2.45) is 3.15 Å². The van der Waals surface area contributed by atoms with E-state index in [-0.39, 0.29) is 9.83 Å². The minimum absolute atomic E-state index is 0.0625. The maximum absolute atomic E-state index is 11.5. The predicted molar refractivity (Wildman–Crippen MR) is 69.2 cm³/mol. The second-order valence-electron chi connectivity index (χ2n) is 2.69. The van der Waals surface area contributed by atoms with E-state index < -0.39 is 27.1 Å². The first kappa shape index (κ1) is 14.3. The van der Waals surface area contributed by atoms with Crippen molar-refractivity contribution in [3.05, 3.63) is 0 Å². The van der Waals surface area contributed by atoms with Crippen molar-refractivity contribution in [3.8, 4) is 0 Å². The van der Waals surface area contributed by atoms with Gasteiger partial charge in [0.25, 0.3) is 0 Å². The van der Waals surface area contributed by atoms with E-state index in [2.05, 4.69) is 8.46 Å². The van der Waals surface area contributed by atoms with Crippen LogP contribution in [0.3, 0.4) is 0 Å². The lowest BCUT2D eigenvalue weighted by Crippen LogP contribution is -2.38. The number of amides is 1. The van der Waals surface area contributed by atoms with Gasteiger partial charge in [0.2, 0.25) is 5.91 Å². The zero-order chi connectivity index (χ0) is 11.0. The van der Waals surface area contributed by atoms with Gasteiger partial charge in [-0.15, -0.1) is 0 Å². The summed E-state index contributed by atoms with van der Waals surface area (Å²) in [5, 5.41) is 12.2. The van der Waals surface area contributed by atoms with Gasteiger partial charge >= 0.3 is 0 Å². The van der Waals surface area contributed by atoms with Crippen LogP contribution in [0.5, 0.6) is 0 Å². The number of aliphatic hydroxyl groups is 1. The van der Waals surface area contributed by atoms with Gasteiger partial charge in [-0.25, -0.2) is 0 Å². The third-order valence-corrected chi connectivity index (χ3v) is 4.86. The van der Waals surface area contributed by atoms with Crippen molar-refractivity contribution < 1.29 is 9.90 Å². The largest absolute Gasteiger partial charge is 0.392 e. The Morgan fingerprint density at radius 3 is 2.79 bits per heavy atom. The number of nitrogens with one attached hydrogen (secondary N) is 1. The summed E-state index contributed by atoms with van der Waals surface area (Å²) in [4.78, 5) is 11.5. The average molecular weight is 332 g/mol. The van der Waals surface area contributed by atoms with Gasteiger partial charge in [-0.2, -0.15) is 11.8 Å². The van der Waals surface area contributed by atoms with Crippen molar-refractivity contribution in [2.45, 2.75) is 17.0 Å². The van der Waals surface area contributed by atoms with Gasteiger partial charge in [-0.3, -0.25) is 7.94 Å². The zero-order valence-electron chi connectivity index (χ0n) is 8.66. The van der Waals surface area contributed by atoms with Crippen LogP contribution in [-0.2, 0) is 4.79 Å². The number of carbonyl (C=O) groups excluding carboxylic acids is 1. The number of rotatable bonds is 6. The van der Waals surface area contributed by atoms with Crippen LogP contribution in [-0.4, -0.2) is 46.6 Å². The molecule has 0 aliphatic carbocycles. The highest BCUT2D eigenvalue weighted by atomic mass is 127. The van der Waals surface area contributed by atoms with Gasteiger partial charge in [-0.1, -0.05) is 0 Å². The number of alkyl halides is 1. The Kier molecular flexibility index (Phi) is 8.80.